The molecular formula is C9H19NS. The summed E-state index contributed by atoms with van der Waals surface area (Å²) in [6.07, 6.45) is 2.78. The molecule has 1 rings (SSSR count). The van der Waals surface area contributed by atoms with Crippen molar-refractivity contribution in [3.05, 3.63) is 0 Å². The standard InChI is InChI=1S/C9H19NS/c1-9(2,3)10-6-4-5-7-11-8-10/h4-8H2,1-3H3. The van der Waals surface area contributed by atoms with Crippen LogP contribution in [0.3, 0.4) is 0 Å². The number of thioether (sulfide) groups is 1. The second-order valence-corrected chi connectivity index (χ2v) is 5.25. The quantitative estimate of drug-likeness (QED) is 0.554. The molecule has 2 heteroatoms. The Labute approximate surface area is 74.5 Å². The van der Waals surface area contributed by atoms with E-state index < -0.39 is 0 Å². The minimum Gasteiger partial charge on any atom is -0.289 e. The third-order valence-corrected chi connectivity index (χ3v) is 3.23. The van der Waals surface area contributed by atoms with Gasteiger partial charge in [-0.15, -0.1) is 11.8 Å². The van der Waals surface area contributed by atoms with Gasteiger partial charge in [0.15, 0.2) is 0 Å². The molecule has 0 atom stereocenters. The molecule has 0 aromatic heterocycles. The molecule has 1 heterocycles. The Morgan fingerprint density at radius 2 is 1.91 bits per heavy atom. The normalized spacial score (nSPS) is 23.2. The highest BCUT2D eigenvalue weighted by Gasteiger charge is 2.21. The topological polar surface area (TPSA) is 3.24 Å². The van der Waals surface area contributed by atoms with Crippen LogP contribution in [0.1, 0.15) is 33.6 Å². The van der Waals surface area contributed by atoms with Crippen LogP contribution in [0.4, 0.5) is 0 Å². The van der Waals surface area contributed by atoms with Crippen molar-refractivity contribution >= 4 is 11.8 Å². The first-order valence-corrected chi connectivity index (χ1v) is 5.59. The highest BCUT2D eigenvalue weighted by Crippen LogP contribution is 2.21. The van der Waals surface area contributed by atoms with Gasteiger partial charge in [0.1, 0.15) is 0 Å². The van der Waals surface area contributed by atoms with Gasteiger partial charge in [0, 0.05) is 11.4 Å². The molecule has 66 valence electrons. The molecule has 0 aliphatic carbocycles. The average molecular weight is 173 g/mol. The molecule has 11 heavy (non-hydrogen) atoms. The molecular weight excluding hydrogens is 154 g/mol. The van der Waals surface area contributed by atoms with Gasteiger partial charge in [0.2, 0.25) is 0 Å². The Bertz CT molecular complexity index is 109. The van der Waals surface area contributed by atoms with E-state index in [0.717, 1.165) is 0 Å². The third-order valence-electron chi connectivity index (χ3n) is 2.16. The van der Waals surface area contributed by atoms with Crippen molar-refractivity contribution in [1.29, 1.82) is 0 Å². The molecule has 0 aromatic carbocycles. The van der Waals surface area contributed by atoms with Crippen molar-refractivity contribution in [1.82, 2.24) is 4.90 Å². The van der Waals surface area contributed by atoms with Crippen molar-refractivity contribution in [2.75, 3.05) is 18.2 Å². The van der Waals surface area contributed by atoms with Gasteiger partial charge in [-0.05, 0) is 45.9 Å². The summed E-state index contributed by atoms with van der Waals surface area (Å²) in [5.74, 6) is 2.58. The van der Waals surface area contributed by atoms with Gasteiger partial charge in [0.25, 0.3) is 0 Å². The molecule has 0 saturated carbocycles. The van der Waals surface area contributed by atoms with Crippen molar-refractivity contribution in [2.45, 2.75) is 39.2 Å². The molecule has 1 saturated heterocycles. The molecule has 0 unspecified atom stereocenters. The van der Waals surface area contributed by atoms with Crippen LogP contribution in [-0.4, -0.2) is 28.6 Å². The van der Waals surface area contributed by atoms with E-state index in [1.807, 2.05) is 0 Å². The molecule has 0 N–H and O–H groups in total. The third kappa shape index (κ3) is 3.04. The lowest BCUT2D eigenvalue weighted by atomic mass is 10.1. The molecule has 1 aliphatic heterocycles. The van der Waals surface area contributed by atoms with Crippen molar-refractivity contribution in [3.63, 3.8) is 0 Å². The van der Waals surface area contributed by atoms with Crippen molar-refractivity contribution < 1.29 is 0 Å². The molecule has 0 amide bonds. The van der Waals surface area contributed by atoms with E-state index >= 15 is 0 Å². The van der Waals surface area contributed by atoms with Gasteiger partial charge in [0.05, 0.1) is 0 Å². The zero-order valence-electron chi connectivity index (χ0n) is 7.89. The van der Waals surface area contributed by atoms with Gasteiger partial charge in [-0.3, -0.25) is 4.90 Å². The lowest BCUT2D eigenvalue weighted by molar-refractivity contribution is 0.167. The summed E-state index contributed by atoms with van der Waals surface area (Å²) in [7, 11) is 0. The zero-order chi connectivity index (χ0) is 8.32. The van der Waals surface area contributed by atoms with E-state index in [1.54, 1.807) is 0 Å². The SMILES string of the molecule is CC(C)(C)N1CCCCSC1. The Balaban J connectivity index is 2.43. The average Bonchev–Trinajstić information content (AvgIpc) is 2.10. The van der Waals surface area contributed by atoms with Gasteiger partial charge in [-0.25, -0.2) is 0 Å². The van der Waals surface area contributed by atoms with E-state index in [1.165, 1.54) is 31.0 Å². The summed E-state index contributed by atoms with van der Waals surface area (Å²) >= 11 is 2.08. The minimum atomic E-state index is 0.372. The molecule has 0 aromatic rings. The van der Waals surface area contributed by atoms with Crippen LogP contribution in [0.2, 0.25) is 0 Å². The summed E-state index contributed by atoms with van der Waals surface area (Å²) in [5.41, 5.74) is 0.372. The lowest BCUT2D eigenvalue weighted by Crippen LogP contribution is -2.40. The van der Waals surface area contributed by atoms with Gasteiger partial charge in [-0.2, -0.15) is 0 Å². The summed E-state index contributed by atoms with van der Waals surface area (Å²) in [6.45, 7) is 8.20. The van der Waals surface area contributed by atoms with Crippen LogP contribution in [-0.2, 0) is 0 Å². The van der Waals surface area contributed by atoms with Gasteiger partial charge in [-0.1, -0.05) is 0 Å². The Hall–Kier alpha value is 0.310. The predicted octanol–water partition coefficient (Wildman–Crippen LogP) is 2.57. The first kappa shape index (κ1) is 9.40. The number of hydrogen-bond donors (Lipinski definition) is 0. The summed E-state index contributed by atoms with van der Waals surface area (Å²) in [5, 5.41) is 0. The monoisotopic (exact) mass is 173 g/mol. The summed E-state index contributed by atoms with van der Waals surface area (Å²) in [4.78, 5) is 2.57. The maximum Gasteiger partial charge on any atom is 0.0449 e. The highest BCUT2D eigenvalue weighted by atomic mass is 32.2. The molecule has 0 radical (unpaired) electrons. The fraction of sp³-hybridized carbons (Fsp3) is 1.00. The van der Waals surface area contributed by atoms with Crippen molar-refractivity contribution in [3.8, 4) is 0 Å². The maximum atomic E-state index is 2.57. The van der Waals surface area contributed by atoms with E-state index in [0.29, 0.717) is 5.54 Å². The Morgan fingerprint density at radius 3 is 2.55 bits per heavy atom. The van der Waals surface area contributed by atoms with Gasteiger partial charge >= 0.3 is 0 Å². The zero-order valence-corrected chi connectivity index (χ0v) is 8.71. The highest BCUT2D eigenvalue weighted by molar-refractivity contribution is 7.99. The second kappa shape index (κ2) is 3.81. The summed E-state index contributed by atoms with van der Waals surface area (Å²) < 4.78 is 0. The maximum absolute atomic E-state index is 2.57. The molecule has 1 nitrogen and oxygen atoms in total. The molecule has 1 fully saturated rings. The Kier molecular flexibility index (Phi) is 3.26. The second-order valence-electron chi connectivity index (χ2n) is 4.18. The number of rotatable bonds is 0. The lowest BCUT2D eigenvalue weighted by Gasteiger charge is -2.34. The molecule has 1 aliphatic rings. The fourth-order valence-electron chi connectivity index (χ4n) is 1.28. The smallest absolute Gasteiger partial charge is 0.0449 e. The molecule has 0 spiro atoms. The predicted molar refractivity (Wildman–Crippen MR) is 53.0 cm³/mol. The summed E-state index contributed by atoms with van der Waals surface area (Å²) in [6, 6.07) is 0. The van der Waals surface area contributed by atoms with Crippen LogP contribution >= 0.6 is 11.8 Å². The van der Waals surface area contributed by atoms with E-state index in [9.17, 15) is 0 Å². The minimum absolute atomic E-state index is 0.372. The fourth-order valence-corrected chi connectivity index (χ4v) is 2.55. The van der Waals surface area contributed by atoms with Crippen LogP contribution in [0.25, 0.3) is 0 Å². The van der Waals surface area contributed by atoms with E-state index in [2.05, 4.69) is 37.4 Å². The first-order chi connectivity index (χ1) is 5.11. The van der Waals surface area contributed by atoms with Crippen LogP contribution in [0.15, 0.2) is 0 Å². The Morgan fingerprint density at radius 1 is 1.18 bits per heavy atom. The number of nitrogens with zero attached hydrogens (tertiary/aromatic N) is 1. The van der Waals surface area contributed by atoms with Crippen LogP contribution in [0, 0.1) is 0 Å². The van der Waals surface area contributed by atoms with Crippen molar-refractivity contribution in [2.24, 2.45) is 0 Å². The van der Waals surface area contributed by atoms with Crippen LogP contribution in [0.5, 0.6) is 0 Å². The van der Waals surface area contributed by atoms with E-state index in [4.69, 9.17) is 0 Å². The first-order valence-electron chi connectivity index (χ1n) is 4.43. The van der Waals surface area contributed by atoms with Crippen LogP contribution < -0.4 is 0 Å². The van der Waals surface area contributed by atoms with E-state index in [-0.39, 0.29) is 0 Å². The largest absolute Gasteiger partial charge is 0.289 e. The van der Waals surface area contributed by atoms with Gasteiger partial charge < -0.3 is 0 Å². The molecule has 0 bridgehead atoms. The number of hydrogen-bond acceptors (Lipinski definition) is 2.